The summed E-state index contributed by atoms with van der Waals surface area (Å²) in [6.07, 6.45) is 1.59. The van der Waals surface area contributed by atoms with Gasteiger partial charge in [-0.2, -0.15) is 0 Å². The van der Waals surface area contributed by atoms with Crippen LogP contribution in [0.2, 0.25) is 0 Å². The summed E-state index contributed by atoms with van der Waals surface area (Å²) >= 11 is 3.27. The number of carbonyl (C=O) groups is 1. The highest BCUT2D eigenvalue weighted by Crippen LogP contribution is 2.18. The van der Waals surface area contributed by atoms with Crippen LogP contribution in [0.1, 0.15) is 22.8 Å². The first kappa shape index (κ1) is 13.7. The van der Waals surface area contributed by atoms with E-state index in [1.54, 1.807) is 23.2 Å². The molecule has 4 heteroatoms. The Labute approximate surface area is 121 Å². The van der Waals surface area contributed by atoms with E-state index < -0.39 is 0 Å². The molecule has 2 rings (SSSR count). The SMILES string of the molecule is CCN(C(=O)c1ccc(Br)nc1)c1cccc(C)c1. The average molecular weight is 319 g/mol. The van der Waals surface area contributed by atoms with E-state index in [4.69, 9.17) is 0 Å². The van der Waals surface area contributed by atoms with Crippen LogP contribution < -0.4 is 4.90 Å². The van der Waals surface area contributed by atoms with Crippen molar-refractivity contribution in [1.29, 1.82) is 0 Å². The number of aryl methyl sites for hydroxylation is 1. The molecule has 0 N–H and O–H groups in total. The molecule has 0 radical (unpaired) electrons. The fourth-order valence-electron chi connectivity index (χ4n) is 1.90. The fourth-order valence-corrected chi connectivity index (χ4v) is 2.13. The molecule has 0 aliphatic heterocycles. The second-order valence-electron chi connectivity index (χ2n) is 4.26. The zero-order valence-electron chi connectivity index (χ0n) is 10.9. The lowest BCUT2D eigenvalue weighted by Crippen LogP contribution is -2.30. The van der Waals surface area contributed by atoms with E-state index in [1.165, 1.54) is 0 Å². The van der Waals surface area contributed by atoms with Gasteiger partial charge in [-0.1, -0.05) is 12.1 Å². The highest BCUT2D eigenvalue weighted by Gasteiger charge is 2.16. The fraction of sp³-hybridized carbons (Fsp3) is 0.200. The number of pyridine rings is 1. The van der Waals surface area contributed by atoms with Crippen molar-refractivity contribution in [2.24, 2.45) is 0 Å². The zero-order valence-corrected chi connectivity index (χ0v) is 12.5. The first-order valence-electron chi connectivity index (χ1n) is 6.12. The molecule has 1 amide bonds. The maximum absolute atomic E-state index is 12.5. The highest BCUT2D eigenvalue weighted by molar-refractivity contribution is 9.10. The molecule has 0 bridgehead atoms. The van der Waals surface area contributed by atoms with Crippen molar-refractivity contribution < 1.29 is 4.79 Å². The summed E-state index contributed by atoms with van der Waals surface area (Å²) < 4.78 is 0.725. The summed E-state index contributed by atoms with van der Waals surface area (Å²) in [7, 11) is 0. The van der Waals surface area contributed by atoms with Crippen molar-refractivity contribution in [1.82, 2.24) is 4.98 Å². The Morgan fingerprint density at radius 2 is 2.11 bits per heavy atom. The van der Waals surface area contributed by atoms with Gasteiger partial charge in [-0.05, 0) is 59.6 Å². The van der Waals surface area contributed by atoms with Crippen LogP contribution in [0.4, 0.5) is 5.69 Å². The quantitative estimate of drug-likeness (QED) is 0.806. The summed E-state index contributed by atoms with van der Waals surface area (Å²) in [5, 5.41) is 0. The minimum Gasteiger partial charge on any atom is -0.309 e. The van der Waals surface area contributed by atoms with Crippen molar-refractivity contribution >= 4 is 27.5 Å². The molecule has 0 aliphatic rings. The Hall–Kier alpha value is -1.68. The van der Waals surface area contributed by atoms with E-state index >= 15 is 0 Å². The Bertz CT molecular complexity index is 581. The number of hydrogen-bond donors (Lipinski definition) is 0. The standard InChI is InChI=1S/C15H15BrN2O/c1-3-18(13-6-4-5-11(2)9-13)15(19)12-7-8-14(16)17-10-12/h4-10H,3H2,1-2H3. The highest BCUT2D eigenvalue weighted by atomic mass is 79.9. The largest absolute Gasteiger partial charge is 0.309 e. The zero-order chi connectivity index (χ0) is 13.8. The van der Waals surface area contributed by atoms with E-state index in [0.717, 1.165) is 15.9 Å². The molecule has 0 saturated heterocycles. The number of halogens is 1. The molecule has 1 heterocycles. The van der Waals surface area contributed by atoms with Gasteiger partial charge in [0.1, 0.15) is 4.60 Å². The third-order valence-corrected chi connectivity index (χ3v) is 3.32. The molecular formula is C15H15BrN2O. The predicted molar refractivity (Wildman–Crippen MR) is 80.5 cm³/mol. The van der Waals surface area contributed by atoms with Crippen LogP contribution in [-0.4, -0.2) is 17.4 Å². The summed E-state index contributed by atoms with van der Waals surface area (Å²) in [5.74, 6) is -0.0342. The van der Waals surface area contributed by atoms with E-state index in [0.29, 0.717) is 12.1 Å². The molecule has 1 aromatic heterocycles. The number of benzene rings is 1. The minimum absolute atomic E-state index is 0.0342. The first-order valence-corrected chi connectivity index (χ1v) is 6.91. The number of rotatable bonds is 3. The summed E-state index contributed by atoms with van der Waals surface area (Å²) in [6, 6.07) is 11.5. The van der Waals surface area contributed by atoms with E-state index in [9.17, 15) is 4.79 Å². The lowest BCUT2D eigenvalue weighted by atomic mass is 10.2. The van der Waals surface area contributed by atoms with Crippen molar-refractivity contribution in [3.05, 3.63) is 58.3 Å². The minimum atomic E-state index is -0.0342. The van der Waals surface area contributed by atoms with Crippen molar-refractivity contribution in [3.8, 4) is 0 Å². The first-order chi connectivity index (χ1) is 9.11. The van der Waals surface area contributed by atoms with Crippen LogP contribution in [-0.2, 0) is 0 Å². The number of carbonyl (C=O) groups excluding carboxylic acids is 1. The lowest BCUT2D eigenvalue weighted by Gasteiger charge is -2.21. The van der Waals surface area contributed by atoms with Crippen LogP contribution in [0, 0.1) is 6.92 Å². The summed E-state index contributed by atoms with van der Waals surface area (Å²) in [6.45, 7) is 4.61. The van der Waals surface area contributed by atoms with E-state index in [2.05, 4.69) is 20.9 Å². The Kier molecular flexibility index (Phi) is 4.32. The third kappa shape index (κ3) is 3.20. The second-order valence-corrected chi connectivity index (χ2v) is 5.07. The maximum Gasteiger partial charge on any atom is 0.259 e. The number of nitrogens with zero attached hydrogens (tertiary/aromatic N) is 2. The maximum atomic E-state index is 12.5. The molecule has 98 valence electrons. The van der Waals surface area contributed by atoms with Gasteiger partial charge in [0.25, 0.3) is 5.91 Å². The number of anilines is 1. The third-order valence-electron chi connectivity index (χ3n) is 2.85. The molecular weight excluding hydrogens is 304 g/mol. The van der Waals surface area contributed by atoms with E-state index in [-0.39, 0.29) is 5.91 Å². The van der Waals surface area contributed by atoms with Crippen LogP contribution in [0.15, 0.2) is 47.2 Å². The Morgan fingerprint density at radius 1 is 1.32 bits per heavy atom. The molecule has 0 unspecified atom stereocenters. The summed E-state index contributed by atoms with van der Waals surface area (Å²) in [5.41, 5.74) is 2.64. The van der Waals surface area contributed by atoms with Crippen molar-refractivity contribution in [3.63, 3.8) is 0 Å². The Balaban J connectivity index is 2.31. The molecule has 0 atom stereocenters. The Morgan fingerprint density at radius 3 is 2.68 bits per heavy atom. The molecule has 19 heavy (non-hydrogen) atoms. The van der Waals surface area contributed by atoms with Gasteiger partial charge in [0.2, 0.25) is 0 Å². The van der Waals surface area contributed by atoms with Crippen molar-refractivity contribution in [2.45, 2.75) is 13.8 Å². The van der Waals surface area contributed by atoms with Gasteiger partial charge in [0.05, 0.1) is 5.56 Å². The molecule has 2 aromatic rings. The van der Waals surface area contributed by atoms with Gasteiger partial charge in [0.15, 0.2) is 0 Å². The van der Waals surface area contributed by atoms with Crippen molar-refractivity contribution in [2.75, 3.05) is 11.4 Å². The van der Waals surface area contributed by atoms with Crippen LogP contribution in [0.5, 0.6) is 0 Å². The van der Waals surface area contributed by atoms with Gasteiger partial charge in [0, 0.05) is 18.4 Å². The second kappa shape index (κ2) is 5.97. The van der Waals surface area contributed by atoms with Crippen LogP contribution >= 0.6 is 15.9 Å². The van der Waals surface area contributed by atoms with Gasteiger partial charge < -0.3 is 4.90 Å². The normalized spacial score (nSPS) is 10.3. The van der Waals surface area contributed by atoms with Gasteiger partial charge in [-0.15, -0.1) is 0 Å². The van der Waals surface area contributed by atoms with Gasteiger partial charge in [-0.3, -0.25) is 4.79 Å². The molecule has 1 aromatic carbocycles. The number of aromatic nitrogens is 1. The monoisotopic (exact) mass is 318 g/mol. The molecule has 0 saturated carbocycles. The van der Waals surface area contributed by atoms with Crippen LogP contribution in [0.3, 0.4) is 0 Å². The molecule has 0 fully saturated rings. The number of hydrogen-bond acceptors (Lipinski definition) is 2. The lowest BCUT2D eigenvalue weighted by molar-refractivity contribution is 0.0988. The van der Waals surface area contributed by atoms with Crippen LogP contribution in [0.25, 0.3) is 0 Å². The summed E-state index contributed by atoms with van der Waals surface area (Å²) in [4.78, 5) is 18.3. The molecule has 0 aliphatic carbocycles. The molecule has 3 nitrogen and oxygen atoms in total. The predicted octanol–water partition coefficient (Wildman–Crippen LogP) is 3.82. The smallest absolute Gasteiger partial charge is 0.259 e. The van der Waals surface area contributed by atoms with E-state index in [1.807, 2.05) is 38.1 Å². The molecule has 0 spiro atoms. The number of amides is 1. The van der Waals surface area contributed by atoms with Gasteiger partial charge >= 0.3 is 0 Å². The van der Waals surface area contributed by atoms with Gasteiger partial charge in [-0.25, -0.2) is 4.98 Å². The average Bonchev–Trinajstić information content (AvgIpc) is 2.40. The topological polar surface area (TPSA) is 33.2 Å².